The van der Waals surface area contributed by atoms with Gasteiger partial charge in [0.05, 0.1) is 23.7 Å². The van der Waals surface area contributed by atoms with Gasteiger partial charge < -0.3 is 14.6 Å². The number of aryl methyl sites for hydroxylation is 1. The minimum absolute atomic E-state index is 0.0431. The van der Waals surface area contributed by atoms with Gasteiger partial charge in [0, 0.05) is 22.5 Å². The normalized spacial score (nSPS) is 10.8. The highest BCUT2D eigenvalue weighted by Crippen LogP contribution is 2.20. The molecule has 7 nitrogen and oxygen atoms in total. The van der Waals surface area contributed by atoms with Crippen LogP contribution >= 0.6 is 11.6 Å². The molecular weight excluding hydrogens is 461 g/mol. The summed E-state index contributed by atoms with van der Waals surface area (Å²) in [5.41, 5.74) is 0.495. The summed E-state index contributed by atoms with van der Waals surface area (Å²) in [5.74, 6) is -1.20. The van der Waals surface area contributed by atoms with E-state index in [2.05, 4.69) is 10.3 Å². The molecular formula is C25H19ClFN3O4. The zero-order valence-corrected chi connectivity index (χ0v) is 19.0. The molecule has 172 valence electrons. The van der Waals surface area contributed by atoms with Crippen LogP contribution < -0.4 is 15.5 Å². The number of methoxy groups -OCH3 is 1. The van der Waals surface area contributed by atoms with Crippen LogP contribution in [0.5, 0.6) is 5.75 Å². The van der Waals surface area contributed by atoms with Gasteiger partial charge in [0.25, 0.3) is 0 Å². The van der Waals surface area contributed by atoms with Crippen LogP contribution in [0.2, 0.25) is 5.02 Å². The highest BCUT2D eigenvalue weighted by atomic mass is 35.5. The minimum atomic E-state index is -0.685. The number of benzene rings is 2. The van der Waals surface area contributed by atoms with E-state index in [1.165, 1.54) is 30.0 Å². The van der Waals surface area contributed by atoms with E-state index in [9.17, 15) is 18.8 Å². The van der Waals surface area contributed by atoms with Crippen LogP contribution in [0, 0.1) is 12.7 Å². The summed E-state index contributed by atoms with van der Waals surface area (Å²) in [5, 5.41) is 2.86. The molecule has 2 heterocycles. The number of fused-ring (bicyclic) bond motifs is 1. The van der Waals surface area contributed by atoms with Gasteiger partial charge in [-0.05, 0) is 61.5 Å². The van der Waals surface area contributed by atoms with Gasteiger partial charge >= 0.3 is 0 Å². The Balaban J connectivity index is 1.75. The van der Waals surface area contributed by atoms with Crippen LogP contribution in [0.4, 0.5) is 10.1 Å². The van der Waals surface area contributed by atoms with Crippen molar-refractivity contribution in [3.05, 3.63) is 98.7 Å². The molecule has 0 aliphatic carbocycles. The average molecular weight is 480 g/mol. The molecule has 0 saturated heterocycles. The Hall–Kier alpha value is -4.04. The summed E-state index contributed by atoms with van der Waals surface area (Å²) in [7, 11) is 1.51. The van der Waals surface area contributed by atoms with Crippen molar-refractivity contribution in [2.45, 2.75) is 13.5 Å². The number of hydrogen-bond donors (Lipinski definition) is 1. The van der Waals surface area contributed by atoms with Gasteiger partial charge in [-0.15, -0.1) is 0 Å². The van der Waals surface area contributed by atoms with Crippen LogP contribution in [0.3, 0.4) is 0 Å². The number of rotatable bonds is 6. The fourth-order valence-corrected chi connectivity index (χ4v) is 3.63. The Morgan fingerprint density at radius 2 is 1.85 bits per heavy atom. The van der Waals surface area contributed by atoms with E-state index >= 15 is 0 Å². The Bertz CT molecular complexity index is 1480. The molecule has 0 radical (unpaired) electrons. The monoisotopic (exact) mass is 479 g/mol. The van der Waals surface area contributed by atoms with E-state index in [0.29, 0.717) is 11.4 Å². The summed E-state index contributed by atoms with van der Waals surface area (Å²) >= 11 is 5.76. The van der Waals surface area contributed by atoms with Gasteiger partial charge in [-0.3, -0.25) is 14.4 Å². The van der Waals surface area contributed by atoms with Gasteiger partial charge in [0.1, 0.15) is 23.8 Å². The first-order valence-electron chi connectivity index (χ1n) is 10.2. The highest BCUT2D eigenvalue weighted by Gasteiger charge is 2.19. The zero-order valence-electron chi connectivity index (χ0n) is 18.3. The molecule has 0 atom stereocenters. The van der Waals surface area contributed by atoms with E-state index in [0.717, 1.165) is 6.07 Å². The van der Waals surface area contributed by atoms with Gasteiger partial charge in [0.2, 0.25) is 11.3 Å². The predicted octanol–water partition coefficient (Wildman–Crippen LogP) is 4.38. The lowest BCUT2D eigenvalue weighted by atomic mass is 10.0. The zero-order chi connectivity index (χ0) is 24.4. The van der Waals surface area contributed by atoms with Crippen molar-refractivity contribution in [1.29, 1.82) is 0 Å². The van der Waals surface area contributed by atoms with E-state index in [1.54, 1.807) is 43.3 Å². The van der Waals surface area contributed by atoms with Crippen LogP contribution in [-0.2, 0) is 11.3 Å². The molecule has 2 aromatic heterocycles. The fraction of sp³-hybridized carbons (Fsp3) is 0.120. The topological polar surface area (TPSA) is 90.3 Å². The van der Waals surface area contributed by atoms with Crippen molar-refractivity contribution in [2.75, 3.05) is 12.4 Å². The molecule has 0 aliphatic heterocycles. The minimum Gasteiger partial charge on any atom is -0.497 e. The SMILES string of the molecule is COc1ccc(C(=O)c2cn(CC(=O)Nc3ccc(Cl)cc3F)c3nc(C)ccc3c2=O)cc1. The third-order valence-corrected chi connectivity index (χ3v) is 5.41. The van der Waals surface area contributed by atoms with Crippen LogP contribution in [0.25, 0.3) is 11.0 Å². The standard InChI is InChI=1S/C25H19ClFN3O4/c1-14-3-9-18-24(33)19(23(32)15-4-7-17(34-2)8-5-15)12-30(25(18)28-14)13-22(31)29-21-10-6-16(26)11-20(21)27/h3-12H,13H2,1-2H3,(H,29,31). The molecule has 0 bridgehead atoms. The molecule has 1 amide bonds. The number of carbonyl (C=O) groups is 2. The Morgan fingerprint density at radius 1 is 1.12 bits per heavy atom. The number of hydrogen-bond acceptors (Lipinski definition) is 5. The molecule has 0 fully saturated rings. The molecule has 34 heavy (non-hydrogen) atoms. The lowest BCUT2D eigenvalue weighted by Crippen LogP contribution is -2.25. The second-order valence-electron chi connectivity index (χ2n) is 7.55. The third kappa shape index (κ3) is 4.67. The second kappa shape index (κ2) is 9.44. The van der Waals surface area contributed by atoms with E-state index in [-0.39, 0.29) is 39.4 Å². The van der Waals surface area contributed by atoms with Crippen molar-refractivity contribution in [3.63, 3.8) is 0 Å². The van der Waals surface area contributed by atoms with Crippen molar-refractivity contribution in [2.24, 2.45) is 0 Å². The number of ether oxygens (including phenoxy) is 1. The Labute approximate surface area is 198 Å². The molecule has 0 aliphatic rings. The third-order valence-electron chi connectivity index (χ3n) is 5.18. The maximum atomic E-state index is 14.1. The summed E-state index contributed by atoms with van der Waals surface area (Å²) in [6, 6.07) is 13.4. The molecule has 4 rings (SSSR count). The number of aromatic nitrogens is 2. The number of nitrogens with one attached hydrogen (secondary N) is 1. The van der Waals surface area contributed by atoms with Crippen molar-refractivity contribution < 1.29 is 18.7 Å². The average Bonchev–Trinajstić information content (AvgIpc) is 2.82. The first kappa shape index (κ1) is 23.1. The highest BCUT2D eigenvalue weighted by molar-refractivity contribution is 6.30. The van der Waals surface area contributed by atoms with Crippen molar-refractivity contribution in [3.8, 4) is 5.75 Å². The number of nitrogens with zero attached hydrogens (tertiary/aromatic N) is 2. The maximum Gasteiger partial charge on any atom is 0.244 e. The first-order chi connectivity index (χ1) is 16.3. The summed E-state index contributed by atoms with van der Waals surface area (Å²) < 4.78 is 20.6. The number of ketones is 1. The van der Waals surface area contributed by atoms with Gasteiger partial charge in [0.15, 0.2) is 5.78 Å². The Kier molecular flexibility index (Phi) is 6.43. The molecule has 4 aromatic rings. The lowest BCUT2D eigenvalue weighted by molar-refractivity contribution is -0.116. The number of pyridine rings is 2. The number of amides is 1. The molecule has 9 heteroatoms. The largest absolute Gasteiger partial charge is 0.497 e. The molecule has 0 saturated carbocycles. The van der Waals surface area contributed by atoms with Crippen LogP contribution in [0.15, 0.2) is 65.6 Å². The molecule has 2 aromatic carbocycles. The summed E-state index contributed by atoms with van der Waals surface area (Å²) in [6.45, 7) is 1.44. The van der Waals surface area contributed by atoms with Crippen LogP contribution in [-0.4, -0.2) is 28.4 Å². The maximum absolute atomic E-state index is 14.1. The van der Waals surface area contributed by atoms with E-state index in [1.807, 2.05) is 0 Å². The second-order valence-corrected chi connectivity index (χ2v) is 7.99. The Morgan fingerprint density at radius 3 is 2.53 bits per heavy atom. The van der Waals surface area contributed by atoms with Gasteiger partial charge in [-0.1, -0.05) is 11.6 Å². The predicted molar refractivity (Wildman–Crippen MR) is 127 cm³/mol. The van der Waals surface area contributed by atoms with E-state index < -0.39 is 22.9 Å². The lowest BCUT2D eigenvalue weighted by Gasteiger charge is -2.14. The van der Waals surface area contributed by atoms with Gasteiger partial charge in [-0.2, -0.15) is 0 Å². The molecule has 0 unspecified atom stereocenters. The van der Waals surface area contributed by atoms with E-state index in [4.69, 9.17) is 16.3 Å². The van der Waals surface area contributed by atoms with Crippen molar-refractivity contribution in [1.82, 2.24) is 9.55 Å². The number of carbonyl (C=O) groups excluding carboxylic acids is 2. The number of halogens is 2. The fourth-order valence-electron chi connectivity index (χ4n) is 3.48. The first-order valence-corrected chi connectivity index (χ1v) is 10.6. The van der Waals surface area contributed by atoms with Gasteiger partial charge in [-0.25, -0.2) is 9.37 Å². The smallest absolute Gasteiger partial charge is 0.244 e. The van der Waals surface area contributed by atoms with Crippen molar-refractivity contribution >= 4 is 40.0 Å². The molecule has 1 N–H and O–H groups in total. The van der Waals surface area contributed by atoms with Crippen LogP contribution in [0.1, 0.15) is 21.6 Å². The quantitative estimate of drug-likeness (QED) is 0.414. The summed E-state index contributed by atoms with van der Waals surface area (Å²) in [4.78, 5) is 43.4. The molecule has 0 spiro atoms. The number of anilines is 1. The summed E-state index contributed by atoms with van der Waals surface area (Å²) in [6.07, 6.45) is 1.31.